The molecule has 7 heteroatoms. The zero-order chi connectivity index (χ0) is 13.7. The smallest absolute Gasteiger partial charge is 0.310 e. The minimum atomic E-state index is -2.65. The summed E-state index contributed by atoms with van der Waals surface area (Å²) in [6, 6.07) is 1.51. The van der Waals surface area contributed by atoms with Gasteiger partial charge in [0.2, 0.25) is 0 Å². The van der Waals surface area contributed by atoms with E-state index in [-0.39, 0.29) is 27.9 Å². The van der Waals surface area contributed by atoms with Crippen molar-refractivity contribution in [1.29, 1.82) is 0 Å². The van der Waals surface area contributed by atoms with Crippen molar-refractivity contribution in [2.24, 2.45) is 0 Å². The van der Waals surface area contributed by atoms with Gasteiger partial charge < -0.3 is 4.74 Å². The van der Waals surface area contributed by atoms with Crippen LogP contribution in [0.3, 0.4) is 0 Å². The Labute approximate surface area is 126 Å². The van der Waals surface area contributed by atoms with Crippen LogP contribution in [0, 0.1) is 3.70 Å². The Morgan fingerprint density at radius 1 is 1.61 bits per heavy atom. The molecule has 0 unspecified atom stereocenters. The average Bonchev–Trinajstić information content (AvgIpc) is 2.27. The third-order valence-electron chi connectivity index (χ3n) is 2.15. The Morgan fingerprint density at radius 2 is 2.28 bits per heavy atom. The molecule has 0 aliphatic carbocycles. The first kappa shape index (κ1) is 15.7. The highest BCUT2D eigenvalue weighted by Gasteiger charge is 2.21. The van der Waals surface area contributed by atoms with Gasteiger partial charge in [-0.25, -0.2) is 13.8 Å². The molecule has 0 saturated carbocycles. The molecular weight excluding hydrogens is 423 g/mol. The zero-order valence-corrected chi connectivity index (χ0v) is 13.3. The maximum Gasteiger partial charge on any atom is 0.310 e. The molecule has 0 aromatic carbocycles. The summed E-state index contributed by atoms with van der Waals surface area (Å²) in [5.74, 6) is -0.512. The molecule has 1 rings (SSSR count). The van der Waals surface area contributed by atoms with Crippen molar-refractivity contribution in [3.63, 3.8) is 0 Å². The summed E-state index contributed by atoms with van der Waals surface area (Å²) in [5, 5.41) is 0.447. The molecule has 0 saturated heterocycles. The molecular formula is C11H11BrF2INO2. The van der Waals surface area contributed by atoms with E-state index in [1.807, 2.05) is 0 Å². The number of halogens is 4. The fourth-order valence-electron chi connectivity index (χ4n) is 1.44. The summed E-state index contributed by atoms with van der Waals surface area (Å²) < 4.78 is 30.9. The highest BCUT2D eigenvalue weighted by molar-refractivity contribution is 14.1. The van der Waals surface area contributed by atoms with E-state index in [1.165, 1.54) is 6.07 Å². The summed E-state index contributed by atoms with van der Waals surface area (Å²) in [5.41, 5.74) is 0.703. The Bertz CT molecular complexity index is 443. The SMILES string of the molecule is CCOC(=O)Cc1cc(CBr)nc(I)c1C(F)F. The fraction of sp³-hybridized carbons (Fsp3) is 0.455. The molecule has 100 valence electrons. The lowest BCUT2D eigenvalue weighted by Crippen LogP contribution is -2.12. The quantitative estimate of drug-likeness (QED) is 0.308. The van der Waals surface area contributed by atoms with Crippen molar-refractivity contribution in [3.8, 4) is 0 Å². The number of carbonyl (C=O) groups is 1. The number of rotatable bonds is 5. The van der Waals surface area contributed by atoms with Gasteiger partial charge in [0.25, 0.3) is 6.43 Å². The number of aromatic nitrogens is 1. The van der Waals surface area contributed by atoms with Gasteiger partial charge in [-0.05, 0) is 41.1 Å². The van der Waals surface area contributed by atoms with Crippen LogP contribution in [0.2, 0.25) is 0 Å². The van der Waals surface area contributed by atoms with Crippen LogP contribution in [0.15, 0.2) is 6.07 Å². The van der Waals surface area contributed by atoms with Gasteiger partial charge in [-0.1, -0.05) is 15.9 Å². The van der Waals surface area contributed by atoms with Crippen molar-refractivity contribution < 1.29 is 18.3 Å². The minimum Gasteiger partial charge on any atom is -0.466 e. The zero-order valence-electron chi connectivity index (χ0n) is 9.55. The van der Waals surface area contributed by atoms with Crippen LogP contribution in [0.25, 0.3) is 0 Å². The van der Waals surface area contributed by atoms with Crippen LogP contribution < -0.4 is 0 Å². The minimum absolute atomic E-state index is 0.161. The van der Waals surface area contributed by atoms with E-state index in [4.69, 9.17) is 4.74 Å². The Hall–Kier alpha value is -0.310. The van der Waals surface area contributed by atoms with Gasteiger partial charge in [0.1, 0.15) is 3.70 Å². The molecule has 0 radical (unpaired) electrons. The monoisotopic (exact) mass is 433 g/mol. The van der Waals surface area contributed by atoms with Gasteiger partial charge in [-0.15, -0.1) is 0 Å². The molecule has 0 N–H and O–H groups in total. The third-order valence-corrected chi connectivity index (χ3v) is 3.54. The van der Waals surface area contributed by atoms with Crippen molar-refractivity contribution in [2.45, 2.75) is 25.1 Å². The highest BCUT2D eigenvalue weighted by Crippen LogP contribution is 2.28. The lowest BCUT2D eigenvalue weighted by Gasteiger charge is -2.11. The lowest BCUT2D eigenvalue weighted by atomic mass is 10.1. The van der Waals surface area contributed by atoms with Crippen LogP contribution in [0.5, 0.6) is 0 Å². The van der Waals surface area contributed by atoms with E-state index < -0.39 is 12.4 Å². The van der Waals surface area contributed by atoms with Crippen molar-refractivity contribution >= 4 is 44.5 Å². The van der Waals surface area contributed by atoms with Crippen molar-refractivity contribution in [1.82, 2.24) is 4.98 Å². The molecule has 0 fully saturated rings. The first-order valence-corrected chi connectivity index (χ1v) is 7.37. The van der Waals surface area contributed by atoms with Gasteiger partial charge >= 0.3 is 5.97 Å². The molecule has 18 heavy (non-hydrogen) atoms. The van der Waals surface area contributed by atoms with E-state index >= 15 is 0 Å². The Kier molecular flexibility index (Phi) is 6.40. The summed E-state index contributed by atoms with van der Waals surface area (Å²) in [6.07, 6.45) is -2.82. The van der Waals surface area contributed by atoms with Crippen molar-refractivity contribution in [3.05, 3.63) is 26.6 Å². The maximum atomic E-state index is 13.0. The van der Waals surface area contributed by atoms with Crippen LogP contribution in [0.4, 0.5) is 8.78 Å². The number of alkyl halides is 3. The normalized spacial score (nSPS) is 10.8. The van der Waals surface area contributed by atoms with E-state index in [1.54, 1.807) is 29.5 Å². The van der Waals surface area contributed by atoms with Gasteiger partial charge in [0.15, 0.2) is 0 Å². The summed E-state index contributed by atoms with van der Waals surface area (Å²) in [7, 11) is 0. The predicted octanol–water partition coefficient (Wildman–Crippen LogP) is 3.62. The number of hydrogen-bond donors (Lipinski definition) is 0. The van der Waals surface area contributed by atoms with Crippen molar-refractivity contribution in [2.75, 3.05) is 6.61 Å². The number of esters is 1. The largest absolute Gasteiger partial charge is 0.466 e. The molecule has 1 heterocycles. The molecule has 1 aromatic heterocycles. The fourth-order valence-corrected chi connectivity index (χ4v) is 2.62. The second-order valence-corrected chi connectivity index (χ2v) is 4.98. The molecule has 0 aliphatic heterocycles. The summed E-state index contributed by atoms with van der Waals surface area (Å²) in [6.45, 7) is 1.91. The molecule has 0 spiro atoms. The van der Waals surface area contributed by atoms with E-state index in [9.17, 15) is 13.6 Å². The number of nitrogens with zero attached hydrogens (tertiary/aromatic N) is 1. The van der Waals surface area contributed by atoms with Gasteiger partial charge in [-0.3, -0.25) is 4.79 Å². The second kappa shape index (κ2) is 7.32. The number of carbonyl (C=O) groups excluding carboxylic acids is 1. The number of hydrogen-bond acceptors (Lipinski definition) is 3. The predicted molar refractivity (Wildman–Crippen MR) is 74.9 cm³/mol. The molecule has 0 atom stereocenters. The molecule has 1 aromatic rings. The highest BCUT2D eigenvalue weighted by atomic mass is 127. The van der Waals surface area contributed by atoms with Crippen LogP contribution in [-0.2, 0) is 21.3 Å². The lowest BCUT2D eigenvalue weighted by molar-refractivity contribution is -0.142. The molecule has 3 nitrogen and oxygen atoms in total. The van der Waals surface area contributed by atoms with E-state index in [0.717, 1.165) is 0 Å². The van der Waals surface area contributed by atoms with Crippen LogP contribution in [0.1, 0.15) is 30.2 Å². The van der Waals surface area contributed by atoms with Gasteiger partial charge in [0.05, 0.1) is 24.3 Å². The van der Waals surface area contributed by atoms with Gasteiger partial charge in [-0.2, -0.15) is 0 Å². The van der Waals surface area contributed by atoms with Crippen LogP contribution in [-0.4, -0.2) is 17.6 Å². The average molecular weight is 434 g/mol. The Morgan fingerprint density at radius 3 is 2.78 bits per heavy atom. The number of pyridine rings is 1. The first-order valence-electron chi connectivity index (χ1n) is 5.17. The second-order valence-electron chi connectivity index (χ2n) is 3.39. The van der Waals surface area contributed by atoms with E-state index in [0.29, 0.717) is 11.0 Å². The van der Waals surface area contributed by atoms with Crippen LogP contribution >= 0.6 is 38.5 Å². The van der Waals surface area contributed by atoms with Gasteiger partial charge in [0, 0.05) is 5.33 Å². The summed E-state index contributed by atoms with van der Waals surface area (Å²) >= 11 is 4.97. The standard InChI is InChI=1S/C11H11BrF2INO2/c1-2-18-8(17)4-6-3-7(5-12)16-11(15)9(6)10(13)14/h3,10H,2,4-5H2,1H3. The molecule has 0 amide bonds. The summed E-state index contributed by atoms with van der Waals surface area (Å²) in [4.78, 5) is 15.4. The number of ether oxygens (including phenoxy) is 1. The maximum absolute atomic E-state index is 13.0. The molecule has 0 aliphatic rings. The first-order chi connectivity index (χ1) is 8.49. The Balaban J connectivity index is 3.13. The topological polar surface area (TPSA) is 39.2 Å². The third kappa shape index (κ3) is 4.11. The molecule has 0 bridgehead atoms. The van der Waals surface area contributed by atoms with E-state index in [2.05, 4.69) is 20.9 Å².